The van der Waals surface area contributed by atoms with Crippen molar-refractivity contribution in [3.63, 3.8) is 0 Å². The Bertz CT molecular complexity index is 363. The lowest BCUT2D eigenvalue weighted by atomic mass is 10.1. The summed E-state index contributed by atoms with van der Waals surface area (Å²) >= 11 is 2.94. The molecular formula is C9H6BrF5O. The molecule has 0 bridgehead atoms. The molecule has 0 saturated carbocycles. The lowest BCUT2D eigenvalue weighted by Crippen LogP contribution is -2.18. The Morgan fingerprint density at radius 1 is 1.25 bits per heavy atom. The number of benzene rings is 1. The topological polar surface area (TPSA) is 9.23 Å². The first kappa shape index (κ1) is 13.2. The second-order valence-corrected chi connectivity index (χ2v) is 3.41. The third-order valence-corrected chi connectivity index (χ3v) is 2.32. The minimum atomic E-state index is -4.89. The summed E-state index contributed by atoms with van der Waals surface area (Å²) in [7, 11) is 0. The van der Waals surface area contributed by atoms with Crippen LogP contribution in [0.2, 0.25) is 0 Å². The quantitative estimate of drug-likeness (QED) is 0.593. The molecule has 0 heterocycles. The van der Waals surface area contributed by atoms with Crippen LogP contribution in [0.1, 0.15) is 17.6 Å². The van der Waals surface area contributed by atoms with Gasteiger partial charge in [-0.1, -0.05) is 28.1 Å². The van der Waals surface area contributed by atoms with Crippen LogP contribution in [0.5, 0.6) is 5.75 Å². The monoisotopic (exact) mass is 304 g/mol. The minimum Gasteiger partial charge on any atom is -0.405 e. The Morgan fingerprint density at radius 2 is 1.88 bits per heavy atom. The first-order valence-corrected chi connectivity index (χ1v) is 5.18. The van der Waals surface area contributed by atoms with Crippen LogP contribution in [0.4, 0.5) is 22.0 Å². The number of hydrogen-bond acceptors (Lipinski definition) is 1. The Morgan fingerprint density at radius 3 is 2.31 bits per heavy atom. The van der Waals surface area contributed by atoms with Crippen molar-refractivity contribution in [2.75, 3.05) is 0 Å². The first-order valence-electron chi connectivity index (χ1n) is 4.06. The van der Waals surface area contributed by atoms with Gasteiger partial charge in [-0.3, -0.25) is 0 Å². The summed E-state index contributed by atoms with van der Waals surface area (Å²) in [6, 6.07) is 2.91. The summed E-state index contributed by atoms with van der Waals surface area (Å²) in [4.78, 5) is 0. The molecule has 1 aromatic rings. The summed E-state index contributed by atoms with van der Waals surface area (Å²) in [6.07, 6.45) is -7.72. The Hall–Kier alpha value is -0.850. The van der Waals surface area contributed by atoms with E-state index in [9.17, 15) is 22.0 Å². The normalized spacial score (nSPS) is 11.9. The maximum absolute atomic E-state index is 12.3. The third kappa shape index (κ3) is 3.62. The molecule has 0 N–H and O–H groups in total. The van der Waals surface area contributed by atoms with Crippen LogP contribution >= 0.6 is 15.9 Å². The van der Waals surface area contributed by atoms with E-state index in [0.717, 1.165) is 12.1 Å². The van der Waals surface area contributed by atoms with E-state index >= 15 is 0 Å². The molecule has 0 aliphatic carbocycles. The SMILES string of the molecule is FC(F)c1ccc(CBr)c(OC(F)(F)F)c1. The number of halogens is 6. The van der Waals surface area contributed by atoms with Crippen LogP contribution < -0.4 is 4.74 Å². The highest BCUT2D eigenvalue weighted by Gasteiger charge is 2.32. The Labute approximate surface area is 96.3 Å². The fourth-order valence-electron chi connectivity index (χ4n) is 1.04. The molecule has 0 amide bonds. The van der Waals surface area contributed by atoms with Crippen LogP contribution in [0.15, 0.2) is 18.2 Å². The van der Waals surface area contributed by atoms with Crippen molar-refractivity contribution in [1.82, 2.24) is 0 Å². The maximum Gasteiger partial charge on any atom is 0.573 e. The third-order valence-electron chi connectivity index (χ3n) is 1.71. The van der Waals surface area contributed by atoms with E-state index in [0.29, 0.717) is 6.07 Å². The standard InChI is InChI=1S/C9H6BrF5O/c10-4-6-2-1-5(8(11)12)3-7(6)16-9(13,14)15/h1-3,8H,4H2. The van der Waals surface area contributed by atoms with Crippen molar-refractivity contribution >= 4 is 15.9 Å². The zero-order chi connectivity index (χ0) is 12.3. The summed E-state index contributed by atoms with van der Waals surface area (Å²) in [5.74, 6) is -0.609. The van der Waals surface area contributed by atoms with E-state index in [1.54, 1.807) is 0 Å². The molecule has 0 aliphatic heterocycles. The molecule has 0 saturated heterocycles. The number of hydrogen-bond donors (Lipinski definition) is 0. The van der Waals surface area contributed by atoms with Gasteiger partial charge in [-0.05, 0) is 6.07 Å². The Kier molecular flexibility index (Phi) is 4.12. The van der Waals surface area contributed by atoms with Crippen molar-refractivity contribution in [3.05, 3.63) is 29.3 Å². The maximum atomic E-state index is 12.3. The molecule has 0 aliphatic rings. The van der Waals surface area contributed by atoms with Gasteiger partial charge in [-0.25, -0.2) is 8.78 Å². The average molecular weight is 305 g/mol. The van der Waals surface area contributed by atoms with Gasteiger partial charge in [0, 0.05) is 16.5 Å². The van der Waals surface area contributed by atoms with Crippen LogP contribution in [0, 0.1) is 0 Å². The summed E-state index contributed by atoms with van der Waals surface area (Å²) in [5, 5.41) is 0.0852. The highest BCUT2D eigenvalue weighted by atomic mass is 79.9. The highest BCUT2D eigenvalue weighted by molar-refractivity contribution is 9.08. The molecule has 0 unspecified atom stereocenters. The molecule has 0 spiro atoms. The fraction of sp³-hybridized carbons (Fsp3) is 0.333. The minimum absolute atomic E-state index is 0.0852. The first-order chi connectivity index (χ1) is 7.33. The van der Waals surface area contributed by atoms with Crippen molar-refractivity contribution < 1.29 is 26.7 Å². The van der Waals surface area contributed by atoms with E-state index in [1.807, 2.05) is 0 Å². The molecule has 0 fully saturated rings. The van der Waals surface area contributed by atoms with E-state index in [2.05, 4.69) is 20.7 Å². The molecule has 7 heteroatoms. The van der Waals surface area contributed by atoms with Crippen molar-refractivity contribution in [2.45, 2.75) is 18.1 Å². The predicted molar refractivity (Wildman–Crippen MR) is 50.7 cm³/mol. The van der Waals surface area contributed by atoms with Crippen molar-refractivity contribution in [3.8, 4) is 5.75 Å². The van der Waals surface area contributed by atoms with Gasteiger partial charge in [0.2, 0.25) is 0 Å². The van der Waals surface area contributed by atoms with E-state index in [-0.39, 0.29) is 10.9 Å². The molecule has 0 aromatic heterocycles. The molecule has 1 rings (SSSR count). The summed E-state index contributed by atoms with van der Waals surface area (Å²) < 4.78 is 64.1. The number of ether oxygens (including phenoxy) is 1. The zero-order valence-corrected chi connectivity index (χ0v) is 9.28. The van der Waals surface area contributed by atoms with Gasteiger partial charge in [-0.2, -0.15) is 0 Å². The largest absolute Gasteiger partial charge is 0.573 e. The van der Waals surface area contributed by atoms with Gasteiger partial charge in [0.1, 0.15) is 5.75 Å². The van der Waals surface area contributed by atoms with Crippen LogP contribution in [0.25, 0.3) is 0 Å². The van der Waals surface area contributed by atoms with Gasteiger partial charge in [0.25, 0.3) is 6.43 Å². The number of rotatable bonds is 3. The smallest absolute Gasteiger partial charge is 0.405 e. The van der Waals surface area contributed by atoms with Crippen molar-refractivity contribution in [1.29, 1.82) is 0 Å². The molecule has 1 nitrogen and oxygen atoms in total. The molecule has 0 radical (unpaired) electrons. The van der Waals surface area contributed by atoms with Gasteiger partial charge in [-0.15, -0.1) is 13.2 Å². The van der Waals surface area contributed by atoms with Crippen LogP contribution in [0.3, 0.4) is 0 Å². The van der Waals surface area contributed by atoms with Gasteiger partial charge >= 0.3 is 6.36 Å². The van der Waals surface area contributed by atoms with Gasteiger partial charge in [0.05, 0.1) is 0 Å². The average Bonchev–Trinajstić information content (AvgIpc) is 2.15. The summed E-state index contributed by atoms with van der Waals surface area (Å²) in [6.45, 7) is 0. The van der Waals surface area contributed by atoms with E-state index < -0.39 is 24.1 Å². The van der Waals surface area contributed by atoms with E-state index in [1.165, 1.54) is 0 Å². The lowest BCUT2D eigenvalue weighted by Gasteiger charge is -2.13. The molecule has 90 valence electrons. The zero-order valence-electron chi connectivity index (χ0n) is 7.69. The summed E-state index contributed by atoms with van der Waals surface area (Å²) in [5.41, 5.74) is -0.356. The Balaban J connectivity index is 3.07. The molecule has 1 aromatic carbocycles. The van der Waals surface area contributed by atoms with Crippen molar-refractivity contribution in [2.24, 2.45) is 0 Å². The molecule has 0 atom stereocenters. The molecule has 16 heavy (non-hydrogen) atoms. The second-order valence-electron chi connectivity index (χ2n) is 2.85. The highest BCUT2D eigenvalue weighted by Crippen LogP contribution is 2.31. The fourth-order valence-corrected chi connectivity index (χ4v) is 1.50. The van der Waals surface area contributed by atoms with Crippen LogP contribution in [-0.4, -0.2) is 6.36 Å². The molecular weight excluding hydrogens is 299 g/mol. The van der Waals surface area contributed by atoms with E-state index in [4.69, 9.17) is 0 Å². The predicted octanol–water partition coefficient (Wildman–Crippen LogP) is 4.42. The van der Waals surface area contributed by atoms with Gasteiger partial charge < -0.3 is 4.74 Å². The van der Waals surface area contributed by atoms with Crippen LogP contribution in [-0.2, 0) is 5.33 Å². The van der Waals surface area contributed by atoms with Gasteiger partial charge in [0.15, 0.2) is 0 Å². The number of alkyl halides is 6. The lowest BCUT2D eigenvalue weighted by molar-refractivity contribution is -0.274. The second kappa shape index (κ2) is 4.99.